The first-order valence-electron chi connectivity index (χ1n) is 9.14. The Hall–Kier alpha value is -1.54. The summed E-state index contributed by atoms with van der Waals surface area (Å²) in [6, 6.07) is 13.6. The average Bonchev–Trinajstić information content (AvgIpc) is 2.58. The van der Waals surface area contributed by atoms with Crippen molar-refractivity contribution in [2.75, 3.05) is 6.61 Å². The molecule has 0 saturated heterocycles. The lowest BCUT2D eigenvalue weighted by molar-refractivity contribution is 0.294. The van der Waals surface area contributed by atoms with Crippen LogP contribution < -0.4 is 10.1 Å². The Morgan fingerprint density at radius 3 is 2.83 bits per heavy atom. The molecule has 124 valence electrons. The van der Waals surface area contributed by atoms with E-state index in [0.29, 0.717) is 6.04 Å². The predicted octanol–water partition coefficient (Wildman–Crippen LogP) is 5.30. The minimum atomic E-state index is 0.650. The summed E-state index contributed by atoms with van der Waals surface area (Å²) in [5.74, 6) is 1.89. The summed E-state index contributed by atoms with van der Waals surface area (Å²) in [6.45, 7) is 6.22. The van der Waals surface area contributed by atoms with Crippen molar-refractivity contribution in [1.82, 2.24) is 5.32 Å². The number of fused-ring (bicyclic) bond motifs is 1. The molecule has 0 radical (unpaired) electrons. The van der Waals surface area contributed by atoms with Gasteiger partial charge < -0.3 is 10.1 Å². The van der Waals surface area contributed by atoms with Crippen molar-refractivity contribution in [3.63, 3.8) is 0 Å². The van der Waals surface area contributed by atoms with Crippen molar-refractivity contribution in [2.45, 2.75) is 58.5 Å². The number of hydrogen-bond donors (Lipinski definition) is 1. The van der Waals surface area contributed by atoms with Gasteiger partial charge in [-0.05, 0) is 42.0 Å². The van der Waals surface area contributed by atoms with Crippen molar-refractivity contribution < 1.29 is 4.74 Å². The van der Waals surface area contributed by atoms with Gasteiger partial charge in [-0.15, -0.1) is 0 Å². The number of ether oxygens (including phenoxy) is 1. The molecule has 0 amide bonds. The zero-order valence-electron chi connectivity index (χ0n) is 14.5. The lowest BCUT2D eigenvalue weighted by Gasteiger charge is -2.28. The SMILES string of the molecule is CCCOc1ccc2ccccc2c1CNC1CCCC(C)C1. The first-order valence-corrected chi connectivity index (χ1v) is 9.14. The van der Waals surface area contributed by atoms with Crippen molar-refractivity contribution in [3.8, 4) is 5.75 Å². The summed E-state index contributed by atoms with van der Waals surface area (Å²) < 4.78 is 6.02. The van der Waals surface area contributed by atoms with E-state index < -0.39 is 0 Å². The summed E-state index contributed by atoms with van der Waals surface area (Å²) in [6.07, 6.45) is 6.39. The molecule has 0 aromatic heterocycles. The predicted molar refractivity (Wildman–Crippen MR) is 98.0 cm³/mol. The molecule has 2 aromatic carbocycles. The Morgan fingerprint density at radius 2 is 2.00 bits per heavy atom. The molecular weight excluding hydrogens is 282 g/mol. The van der Waals surface area contributed by atoms with Crippen LogP contribution in [0.4, 0.5) is 0 Å². The lowest BCUT2D eigenvalue weighted by Crippen LogP contribution is -2.33. The molecule has 1 aliphatic rings. The van der Waals surface area contributed by atoms with E-state index in [2.05, 4.69) is 55.6 Å². The third-order valence-electron chi connectivity index (χ3n) is 4.96. The van der Waals surface area contributed by atoms with Gasteiger partial charge in [-0.1, -0.05) is 57.0 Å². The summed E-state index contributed by atoms with van der Waals surface area (Å²) >= 11 is 0. The van der Waals surface area contributed by atoms with E-state index in [1.165, 1.54) is 42.0 Å². The second kappa shape index (κ2) is 7.83. The van der Waals surface area contributed by atoms with Crippen LogP contribution in [0.5, 0.6) is 5.75 Å². The second-order valence-corrected chi connectivity index (χ2v) is 6.96. The molecule has 2 nitrogen and oxygen atoms in total. The highest BCUT2D eigenvalue weighted by Gasteiger charge is 2.19. The highest BCUT2D eigenvalue weighted by Crippen LogP contribution is 2.29. The topological polar surface area (TPSA) is 21.3 Å². The Morgan fingerprint density at radius 1 is 1.13 bits per heavy atom. The smallest absolute Gasteiger partial charge is 0.124 e. The minimum absolute atomic E-state index is 0.650. The van der Waals surface area contributed by atoms with Crippen molar-refractivity contribution in [3.05, 3.63) is 42.0 Å². The van der Waals surface area contributed by atoms with E-state index in [1.54, 1.807) is 0 Å². The van der Waals surface area contributed by atoms with Crippen LogP contribution in [0.25, 0.3) is 10.8 Å². The summed E-state index contributed by atoms with van der Waals surface area (Å²) in [5.41, 5.74) is 1.31. The van der Waals surface area contributed by atoms with E-state index in [0.717, 1.165) is 31.2 Å². The molecule has 0 aliphatic heterocycles. The lowest BCUT2D eigenvalue weighted by atomic mass is 9.87. The summed E-state index contributed by atoms with van der Waals surface area (Å²) in [5, 5.41) is 6.41. The maximum Gasteiger partial charge on any atom is 0.124 e. The van der Waals surface area contributed by atoms with Crippen LogP contribution in [0.15, 0.2) is 36.4 Å². The van der Waals surface area contributed by atoms with Gasteiger partial charge in [-0.2, -0.15) is 0 Å². The number of rotatable bonds is 6. The molecule has 2 aromatic rings. The monoisotopic (exact) mass is 311 g/mol. The van der Waals surface area contributed by atoms with Gasteiger partial charge in [-0.25, -0.2) is 0 Å². The molecule has 3 rings (SSSR count). The quantitative estimate of drug-likeness (QED) is 0.782. The van der Waals surface area contributed by atoms with Gasteiger partial charge in [-0.3, -0.25) is 0 Å². The molecule has 2 atom stereocenters. The fourth-order valence-electron chi connectivity index (χ4n) is 3.71. The van der Waals surface area contributed by atoms with Crippen LogP contribution in [-0.2, 0) is 6.54 Å². The fourth-order valence-corrected chi connectivity index (χ4v) is 3.71. The molecular formula is C21H29NO. The van der Waals surface area contributed by atoms with Crippen LogP contribution >= 0.6 is 0 Å². The molecule has 1 fully saturated rings. The molecule has 0 spiro atoms. The maximum atomic E-state index is 6.02. The van der Waals surface area contributed by atoms with Crippen molar-refractivity contribution in [2.24, 2.45) is 5.92 Å². The molecule has 23 heavy (non-hydrogen) atoms. The third kappa shape index (κ3) is 4.06. The van der Waals surface area contributed by atoms with Gasteiger partial charge in [0.2, 0.25) is 0 Å². The van der Waals surface area contributed by atoms with E-state index in [9.17, 15) is 0 Å². The van der Waals surface area contributed by atoms with Crippen LogP contribution in [0.3, 0.4) is 0 Å². The Labute approximate surface area is 140 Å². The zero-order chi connectivity index (χ0) is 16.1. The number of benzene rings is 2. The highest BCUT2D eigenvalue weighted by molar-refractivity contribution is 5.87. The van der Waals surface area contributed by atoms with E-state index in [-0.39, 0.29) is 0 Å². The summed E-state index contributed by atoms with van der Waals surface area (Å²) in [4.78, 5) is 0. The van der Waals surface area contributed by atoms with Crippen LogP contribution in [0.1, 0.15) is 51.5 Å². The minimum Gasteiger partial charge on any atom is -0.493 e. The maximum absolute atomic E-state index is 6.02. The molecule has 1 N–H and O–H groups in total. The largest absolute Gasteiger partial charge is 0.493 e. The Bertz CT molecular complexity index is 637. The molecule has 2 unspecified atom stereocenters. The molecule has 0 bridgehead atoms. The summed E-state index contributed by atoms with van der Waals surface area (Å²) in [7, 11) is 0. The number of nitrogens with one attached hydrogen (secondary N) is 1. The van der Waals surface area contributed by atoms with Crippen LogP contribution in [0, 0.1) is 5.92 Å². The van der Waals surface area contributed by atoms with E-state index in [4.69, 9.17) is 4.74 Å². The number of hydrogen-bond acceptors (Lipinski definition) is 2. The van der Waals surface area contributed by atoms with Gasteiger partial charge >= 0.3 is 0 Å². The average molecular weight is 311 g/mol. The normalized spacial score (nSPS) is 21.5. The molecule has 1 saturated carbocycles. The van der Waals surface area contributed by atoms with Gasteiger partial charge in [0.1, 0.15) is 5.75 Å². The molecule has 2 heteroatoms. The third-order valence-corrected chi connectivity index (χ3v) is 4.96. The van der Waals surface area contributed by atoms with E-state index in [1.807, 2.05) is 0 Å². The molecule has 1 aliphatic carbocycles. The van der Waals surface area contributed by atoms with Gasteiger partial charge in [0.25, 0.3) is 0 Å². The van der Waals surface area contributed by atoms with Crippen LogP contribution in [0.2, 0.25) is 0 Å². The fraction of sp³-hybridized carbons (Fsp3) is 0.524. The van der Waals surface area contributed by atoms with E-state index >= 15 is 0 Å². The van der Waals surface area contributed by atoms with Crippen molar-refractivity contribution in [1.29, 1.82) is 0 Å². The van der Waals surface area contributed by atoms with Gasteiger partial charge in [0.15, 0.2) is 0 Å². The highest BCUT2D eigenvalue weighted by atomic mass is 16.5. The van der Waals surface area contributed by atoms with Crippen molar-refractivity contribution >= 4 is 10.8 Å². The standard InChI is InChI=1S/C21H29NO/c1-3-13-23-21-12-11-17-8-4-5-10-19(17)20(21)15-22-18-9-6-7-16(2)14-18/h4-5,8,10-12,16,18,22H,3,6-7,9,13-15H2,1-2H3. The van der Waals surface area contributed by atoms with Gasteiger partial charge in [0, 0.05) is 18.2 Å². The Balaban J connectivity index is 1.81. The van der Waals surface area contributed by atoms with Crippen LogP contribution in [-0.4, -0.2) is 12.6 Å². The van der Waals surface area contributed by atoms with Gasteiger partial charge in [0.05, 0.1) is 6.61 Å². The molecule has 0 heterocycles. The zero-order valence-corrected chi connectivity index (χ0v) is 14.5. The second-order valence-electron chi connectivity index (χ2n) is 6.96. The first kappa shape index (κ1) is 16.3. The first-order chi connectivity index (χ1) is 11.3. The Kier molecular flexibility index (Phi) is 5.56.